The van der Waals surface area contributed by atoms with E-state index in [-0.39, 0.29) is 5.91 Å². The molecule has 1 saturated heterocycles. The van der Waals surface area contributed by atoms with E-state index < -0.39 is 18.1 Å². The Balaban J connectivity index is 1.39. The summed E-state index contributed by atoms with van der Waals surface area (Å²) in [5.74, 6) is 0.529. The lowest BCUT2D eigenvalue weighted by atomic mass is 10.1. The lowest BCUT2D eigenvalue weighted by Crippen LogP contribution is -2.45. The van der Waals surface area contributed by atoms with E-state index >= 15 is 0 Å². The van der Waals surface area contributed by atoms with E-state index in [9.17, 15) is 9.59 Å². The molecule has 0 unspecified atom stereocenters. The third kappa shape index (κ3) is 3.97. The van der Waals surface area contributed by atoms with Crippen molar-refractivity contribution in [3.05, 3.63) is 23.8 Å². The van der Waals surface area contributed by atoms with Gasteiger partial charge in [0, 0.05) is 6.54 Å². The molecule has 7 nitrogen and oxygen atoms in total. The van der Waals surface area contributed by atoms with Crippen molar-refractivity contribution in [3.8, 4) is 11.5 Å². The Labute approximate surface area is 140 Å². The van der Waals surface area contributed by atoms with Crippen LogP contribution in [0.1, 0.15) is 24.8 Å². The second kappa shape index (κ2) is 7.53. The topological polar surface area (TPSA) is 96.9 Å². The van der Waals surface area contributed by atoms with Crippen LogP contribution in [0.3, 0.4) is 0 Å². The first-order valence-corrected chi connectivity index (χ1v) is 8.28. The molecule has 130 valence electrons. The molecule has 3 N–H and O–H groups in total. The third-order valence-corrected chi connectivity index (χ3v) is 4.31. The van der Waals surface area contributed by atoms with Gasteiger partial charge in [0.1, 0.15) is 19.3 Å². The molecule has 0 saturated carbocycles. The van der Waals surface area contributed by atoms with Crippen LogP contribution in [0.5, 0.6) is 11.5 Å². The molecule has 0 aliphatic carbocycles. The molecular weight excluding hydrogens is 312 g/mol. The number of rotatable bonds is 6. The molecule has 2 heterocycles. The number of nitrogens with one attached hydrogen (secondary N) is 2. The van der Waals surface area contributed by atoms with Crippen molar-refractivity contribution in [1.82, 2.24) is 10.6 Å². The summed E-state index contributed by atoms with van der Waals surface area (Å²) < 4.78 is 11.0. The Kier molecular flexibility index (Phi) is 5.20. The Morgan fingerprint density at radius 3 is 2.67 bits per heavy atom. The van der Waals surface area contributed by atoms with E-state index in [2.05, 4.69) is 10.6 Å². The molecule has 1 fully saturated rings. The molecule has 0 aromatic heterocycles. The highest BCUT2D eigenvalue weighted by Gasteiger charge is 2.32. The summed E-state index contributed by atoms with van der Waals surface area (Å²) in [6, 6.07) is 4.88. The maximum absolute atomic E-state index is 12.0. The van der Waals surface area contributed by atoms with Crippen molar-refractivity contribution in [2.24, 2.45) is 0 Å². The predicted octanol–water partition coefficient (Wildman–Crippen LogP) is 0.712. The summed E-state index contributed by atoms with van der Waals surface area (Å²) in [6.07, 6.45) is 2.68. The highest BCUT2D eigenvalue weighted by atomic mass is 16.6. The second-order valence-corrected chi connectivity index (χ2v) is 6.06. The minimum Gasteiger partial charge on any atom is -0.486 e. The maximum Gasteiger partial charge on any atom is 0.320 e. The Hall–Kier alpha value is -2.28. The number of amides is 1. The number of fused-ring (bicyclic) bond motifs is 1. The van der Waals surface area contributed by atoms with Gasteiger partial charge in [-0.3, -0.25) is 14.9 Å². The van der Waals surface area contributed by atoms with E-state index in [4.69, 9.17) is 14.6 Å². The summed E-state index contributed by atoms with van der Waals surface area (Å²) in [4.78, 5) is 22.9. The van der Waals surface area contributed by atoms with Crippen LogP contribution < -0.4 is 20.1 Å². The number of carboxylic acids is 1. The normalized spacial score (nSPS) is 22.2. The van der Waals surface area contributed by atoms with E-state index in [0.717, 1.165) is 29.9 Å². The highest BCUT2D eigenvalue weighted by Crippen LogP contribution is 2.30. The van der Waals surface area contributed by atoms with Gasteiger partial charge in [0.05, 0.1) is 6.04 Å². The molecule has 0 spiro atoms. The smallest absolute Gasteiger partial charge is 0.320 e. The molecule has 2 aliphatic heterocycles. The van der Waals surface area contributed by atoms with Gasteiger partial charge in [-0.2, -0.15) is 0 Å². The van der Waals surface area contributed by atoms with Crippen molar-refractivity contribution in [3.63, 3.8) is 0 Å². The molecule has 3 rings (SSSR count). The van der Waals surface area contributed by atoms with E-state index in [1.54, 1.807) is 0 Å². The summed E-state index contributed by atoms with van der Waals surface area (Å²) in [5, 5.41) is 14.6. The van der Waals surface area contributed by atoms with Crippen molar-refractivity contribution >= 4 is 11.9 Å². The molecule has 1 amide bonds. The van der Waals surface area contributed by atoms with Crippen LogP contribution in [0.15, 0.2) is 18.2 Å². The molecule has 0 bridgehead atoms. The van der Waals surface area contributed by atoms with Gasteiger partial charge in [-0.1, -0.05) is 6.07 Å². The number of carboxylic acid groups (broad SMARTS) is 1. The molecule has 2 atom stereocenters. The van der Waals surface area contributed by atoms with Gasteiger partial charge in [-0.25, -0.2) is 0 Å². The van der Waals surface area contributed by atoms with Gasteiger partial charge < -0.3 is 19.9 Å². The molecule has 24 heavy (non-hydrogen) atoms. The summed E-state index contributed by atoms with van der Waals surface area (Å²) in [7, 11) is 0. The van der Waals surface area contributed by atoms with Crippen molar-refractivity contribution in [2.45, 2.75) is 37.8 Å². The Bertz CT molecular complexity index is 619. The van der Waals surface area contributed by atoms with Crippen LogP contribution in [0.4, 0.5) is 0 Å². The minimum atomic E-state index is -0.899. The minimum absolute atomic E-state index is 0.124. The monoisotopic (exact) mass is 334 g/mol. The molecule has 7 heteroatoms. The first-order chi connectivity index (χ1) is 11.6. The summed E-state index contributed by atoms with van der Waals surface area (Å²) in [6.45, 7) is 1.71. The fourth-order valence-electron chi connectivity index (χ4n) is 3.01. The second-order valence-electron chi connectivity index (χ2n) is 6.06. The highest BCUT2D eigenvalue weighted by molar-refractivity contribution is 5.84. The van der Waals surface area contributed by atoms with Gasteiger partial charge >= 0.3 is 5.97 Å². The van der Waals surface area contributed by atoms with Crippen LogP contribution in [0, 0.1) is 0 Å². The van der Waals surface area contributed by atoms with Gasteiger partial charge in [-0.15, -0.1) is 0 Å². The predicted molar refractivity (Wildman–Crippen MR) is 86.3 cm³/mol. The van der Waals surface area contributed by atoms with Gasteiger partial charge in [0.25, 0.3) is 0 Å². The van der Waals surface area contributed by atoms with E-state index in [1.807, 2.05) is 18.2 Å². The number of hydrogen-bond donors (Lipinski definition) is 3. The standard InChI is InChI=1S/C17H22N2O5/c20-16(12-4-5-13(19-12)17(21)22)18-7-1-2-11-3-6-14-15(10-11)24-9-8-23-14/h3,6,10,12-13,19H,1-2,4-5,7-9H2,(H,18,20)(H,21,22)/t12-,13+/m1/s1. The molecule has 1 aromatic carbocycles. The SMILES string of the molecule is O=C(O)[C@@H]1CC[C@H](C(=O)NCCCc2ccc3c(c2)OCCO3)N1. The van der Waals surface area contributed by atoms with Gasteiger partial charge in [0.2, 0.25) is 5.91 Å². The number of carbonyl (C=O) groups is 2. The summed E-state index contributed by atoms with van der Waals surface area (Å²) >= 11 is 0. The average molecular weight is 334 g/mol. The first kappa shape index (κ1) is 16.6. The number of benzene rings is 1. The Morgan fingerprint density at radius 2 is 1.92 bits per heavy atom. The van der Waals surface area contributed by atoms with Crippen LogP contribution in [-0.2, 0) is 16.0 Å². The molecule has 2 aliphatic rings. The van der Waals surface area contributed by atoms with E-state index in [0.29, 0.717) is 32.6 Å². The third-order valence-electron chi connectivity index (χ3n) is 4.31. The van der Waals surface area contributed by atoms with Crippen molar-refractivity contribution in [2.75, 3.05) is 19.8 Å². The van der Waals surface area contributed by atoms with Gasteiger partial charge in [0.15, 0.2) is 11.5 Å². The number of aryl methyl sites for hydroxylation is 1. The lowest BCUT2D eigenvalue weighted by molar-refractivity contribution is -0.139. The van der Waals surface area contributed by atoms with Crippen molar-refractivity contribution < 1.29 is 24.2 Å². The molecular formula is C17H22N2O5. The first-order valence-electron chi connectivity index (χ1n) is 8.28. The fraction of sp³-hybridized carbons (Fsp3) is 0.529. The number of aliphatic carboxylic acids is 1. The molecule has 1 aromatic rings. The van der Waals surface area contributed by atoms with Crippen LogP contribution >= 0.6 is 0 Å². The lowest BCUT2D eigenvalue weighted by Gasteiger charge is -2.19. The van der Waals surface area contributed by atoms with Crippen LogP contribution in [-0.4, -0.2) is 48.8 Å². The summed E-state index contributed by atoms with van der Waals surface area (Å²) in [5.41, 5.74) is 1.14. The maximum atomic E-state index is 12.0. The fourth-order valence-corrected chi connectivity index (χ4v) is 3.01. The zero-order valence-corrected chi connectivity index (χ0v) is 13.4. The Morgan fingerprint density at radius 1 is 1.17 bits per heavy atom. The van der Waals surface area contributed by atoms with Crippen LogP contribution in [0.2, 0.25) is 0 Å². The average Bonchev–Trinajstić information content (AvgIpc) is 3.09. The largest absolute Gasteiger partial charge is 0.486 e. The quantitative estimate of drug-likeness (QED) is 0.663. The molecule has 0 radical (unpaired) electrons. The van der Waals surface area contributed by atoms with E-state index in [1.165, 1.54) is 0 Å². The number of hydrogen-bond acceptors (Lipinski definition) is 5. The van der Waals surface area contributed by atoms with Gasteiger partial charge in [-0.05, 0) is 43.4 Å². The van der Waals surface area contributed by atoms with Crippen molar-refractivity contribution in [1.29, 1.82) is 0 Å². The zero-order valence-electron chi connectivity index (χ0n) is 13.4. The van der Waals surface area contributed by atoms with Crippen LogP contribution in [0.25, 0.3) is 0 Å². The zero-order chi connectivity index (χ0) is 16.9. The number of ether oxygens (including phenoxy) is 2. The number of carbonyl (C=O) groups excluding carboxylic acids is 1.